The highest BCUT2D eigenvalue weighted by Gasteiger charge is 2.21. The van der Waals surface area contributed by atoms with Crippen molar-refractivity contribution in [2.75, 3.05) is 12.8 Å². The number of rotatable bonds is 5. The number of aromatic amines is 1. The van der Waals surface area contributed by atoms with E-state index in [1.807, 2.05) is 18.2 Å². The van der Waals surface area contributed by atoms with Gasteiger partial charge in [-0.2, -0.15) is 0 Å². The first kappa shape index (κ1) is 21.6. The van der Waals surface area contributed by atoms with Gasteiger partial charge in [-0.3, -0.25) is 9.59 Å². The minimum Gasteiger partial charge on any atom is -0.399 e. The summed E-state index contributed by atoms with van der Waals surface area (Å²) >= 11 is 5.97. The van der Waals surface area contributed by atoms with Crippen molar-refractivity contribution < 1.29 is 9.59 Å². The lowest BCUT2D eigenvalue weighted by Gasteiger charge is -2.22. The zero-order chi connectivity index (χ0) is 19.6. The zero-order valence-electron chi connectivity index (χ0n) is 15.5. The maximum atomic E-state index is 12.6. The summed E-state index contributed by atoms with van der Waals surface area (Å²) in [6.07, 6.45) is 0. The molecule has 1 heterocycles. The number of nitrogens with zero attached hydrogens (tertiary/aromatic N) is 1. The molecule has 0 radical (unpaired) electrons. The van der Waals surface area contributed by atoms with E-state index in [0.29, 0.717) is 22.9 Å². The van der Waals surface area contributed by atoms with Crippen LogP contribution in [0.1, 0.15) is 23.0 Å². The number of carbonyl (C=O) groups excluding carboxylic acids is 2. The third kappa shape index (κ3) is 4.97. The quantitative estimate of drug-likeness (QED) is 0.550. The van der Waals surface area contributed by atoms with Crippen LogP contribution in [0, 0.1) is 0 Å². The molecule has 2 amide bonds. The Morgan fingerprint density at radius 2 is 1.86 bits per heavy atom. The number of likely N-dealkylation sites (N-methyl/N-ethyl adjacent to an activating group) is 1. The normalized spacial score (nSPS) is 11.5. The standard InChI is InChI=1S/C20H21ClN4O2.ClH/c1-12(20(27)25(2)11-13-3-6-16(22)7-4-13)23-19(26)18-10-14-9-15(21)5-8-17(14)24-18;/h3-10,12,24H,11,22H2,1-2H3,(H,23,26);1H/t12-;/m0./s1. The van der Waals surface area contributed by atoms with Crippen LogP contribution in [0.4, 0.5) is 5.69 Å². The van der Waals surface area contributed by atoms with Gasteiger partial charge in [-0.1, -0.05) is 23.7 Å². The van der Waals surface area contributed by atoms with Crippen molar-refractivity contribution in [3.05, 3.63) is 64.8 Å². The van der Waals surface area contributed by atoms with Gasteiger partial charge in [0, 0.05) is 35.2 Å². The number of hydrogen-bond donors (Lipinski definition) is 3. The van der Waals surface area contributed by atoms with Crippen LogP contribution in [0.2, 0.25) is 5.02 Å². The summed E-state index contributed by atoms with van der Waals surface area (Å²) in [4.78, 5) is 29.6. The van der Waals surface area contributed by atoms with E-state index in [1.54, 1.807) is 49.2 Å². The number of hydrogen-bond acceptors (Lipinski definition) is 3. The van der Waals surface area contributed by atoms with Crippen LogP contribution in [0.25, 0.3) is 10.9 Å². The number of benzene rings is 2. The van der Waals surface area contributed by atoms with Gasteiger partial charge in [-0.25, -0.2) is 0 Å². The highest BCUT2D eigenvalue weighted by Crippen LogP contribution is 2.20. The molecular formula is C20H22Cl2N4O2. The van der Waals surface area contributed by atoms with E-state index in [2.05, 4.69) is 10.3 Å². The van der Waals surface area contributed by atoms with Crippen molar-refractivity contribution in [2.45, 2.75) is 19.5 Å². The zero-order valence-corrected chi connectivity index (χ0v) is 17.1. The molecule has 1 aromatic heterocycles. The van der Waals surface area contributed by atoms with E-state index in [9.17, 15) is 9.59 Å². The number of carbonyl (C=O) groups is 2. The molecule has 148 valence electrons. The van der Waals surface area contributed by atoms with Crippen molar-refractivity contribution in [1.82, 2.24) is 15.2 Å². The predicted octanol–water partition coefficient (Wildman–Crippen LogP) is 3.60. The largest absolute Gasteiger partial charge is 0.399 e. The van der Waals surface area contributed by atoms with Crippen LogP contribution in [0.5, 0.6) is 0 Å². The maximum Gasteiger partial charge on any atom is 0.268 e. The molecule has 6 nitrogen and oxygen atoms in total. The van der Waals surface area contributed by atoms with E-state index in [1.165, 1.54) is 0 Å². The van der Waals surface area contributed by atoms with Crippen molar-refractivity contribution in [3.63, 3.8) is 0 Å². The smallest absolute Gasteiger partial charge is 0.268 e. The molecule has 8 heteroatoms. The van der Waals surface area contributed by atoms with Gasteiger partial charge < -0.3 is 20.9 Å². The molecule has 0 spiro atoms. The average Bonchev–Trinajstić information content (AvgIpc) is 3.06. The summed E-state index contributed by atoms with van der Waals surface area (Å²) in [5.41, 5.74) is 8.50. The van der Waals surface area contributed by atoms with E-state index in [-0.39, 0.29) is 24.2 Å². The fourth-order valence-electron chi connectivity index (χ4n) is 2.87. The van der Waals surface area contributed by atoms with Gasteiger partial charge in [-0.05, 0) is 48.9 Å². The third-order valence-corrected chi connectivity index (χ3v) is 4.56. The molecular weight excluding hydrogens is 399 g/mol. The Morgan fingerprint density at radius 1 is 1.18 bits per heavy atom. The monoisotopic (exact) mass is 420 g/mol. The van der Waals surface area contributed by atoms with Crippen molar-refractivity contribution in [1.29, 1.82) is 0 Å². The van der Waals surface area contributed by atoms with Gasteiger partial charge in [-0.15, -0.1) is 12.4 Å². The molecule has 2 aromatic carbocycles. The molecule has 0 fully saturated rings. The molecule has 3 rings (SSSR count). The van der Waals surface area contributed by atoms with E-state index >= 15 is 0 Å². The lowest BCUT2D eigenvalue weighted by Crippen LogP contribution is -2.45. The number of nitrogens with one attached hydrogen (secondary N) is 2. The SMILES string of the molecule is C[C@H](NC(=O)c1cc2cc(Cl)ccc2[nH]1)C(=O)N(C)Cc1ccc(N)cc1.Cl. The van der Waals surface area contributed by atoms with Crippen molar-refractivity contribution in [3.8, 4) is 0 Å². The van der Waals surface area contributed by atoms with Crippen LogP contribution in [-0.4, -0.2) is 34.8 Å². The number of nitrogens with two attached hydrogens (primary N) is 1. The average molecular weight is 421 g/mol. The first-order valence-corrected chi connectivity index (χ1v) is 8.90. The lowest BCUT2D eigenvalue weighted by atomic mass is 10.2. The minimum absolute atomic E-state index is 0. The summed E-state index contributed by atoms with van der Waals surface area (Å²) in [7, 11) is 1.70. The Bertz CT molecular complexity index is 986. The summed E-state index contributed by atoms with van der Waals surface area (Å²) < 4.78 is 0. The maximum absolute atomic E-state index is 12.6. The lowest BCUT2D eigenvalue weighted by molar-refractivity contribution is -0.132. The molecule has 3 aromatic rings. The Balaban J connectivity index is 0.00000280. The molecule has 0 unspecified atom stereocenters. The Morgan fingerprint density at radius 3 is 2.54 bits per heavy atom. The Kier molecular flexibility index (Phi) is 6.94. The number of anilines is 1. The minimum atomic E-state index is -0.661. The summed E-state index contributed by atoms with van der Waals surface area (Å²) in [5.74, 6) is -0.525. The second kappa shape index (κ2) is 8.99. The van der Waals surface area contributed by atoms with Crippen LogP contribution in [0.15, 0.2) is 48.5 Å². The summed E-state index contributed by atoms with van der Waals surface area (Å²) in [5, 5.41) is 4.17. The number of nitrogen functional groups attached to an aromatic ring is 1. The number of amides is 2. The summed E-state index contributed by atoms with van der Waals surface area (Å²) in [6, 6.07) is 13.7. The number of halogens is 2. The predicted molar refractivity (Wildman–Crippen MR) is 115 cm³/mol. The van der Waals surface area contributed by atoms with Crippen molar-refractivity contribution >= 4 is 52.4 Å². The second-order valence-electron chi connectivity index (χ2n) is 6.55. The van der Waals surface area contributed by atoms with Crippen LogP contribution >= 0.6 is 24.0 Å². The van der Waals surface area contributed by atoms with E-state index < -0.39 is 6.04 Å². The first-order chi connectivity index (χ1) is 12.8. The van der Waals surface area contributed by atoms with Crippen LogP contribution in [0.3, 0.4) is 0 Å². The third-order valence-electron chi connectivity index (χ3n) is 4.32. The van der Waals surface area contributed by atoms with E-state index in [4.69, 9.17) is 17.3 Å². The molecule has 0 saturated heterocycles. The van der Waals surface area contributed by atoms with Crippen LogP contribution < -0.4 is 11.1 Å². The number of fused-ring (bicyclic) bond motifs is 1. The van der Waals surface area contributed by atoms with Gasteiger partial charge >= 0.3 is 0 Å². The topological polar surface area (TPSA) is 91.2 Å². The fraction of sp³-hybridized carbons (Fsp3) is 0.200. The van der Waals surface area contributed by atoms with Gasteiger partial charge in [0.2, 0.25) is 5.91 Å². The van der Waals surface area contributed by atoms with Gasteiger partial charge in [0.25, 0.3) is 5.91 Å². The van der Waals surface area contributed by atoms with Gasteiger partial charge in [0.15, 0.2) is 0 Å². The molecule has 4 N–H and O–H groups in total. The molecule has 0 bridgehead atoms. The van der Waals surface area contributed by atoms with E-state index in [0.717, 1.165) is 16.5 Å². The fourth-order valence-corrected chi connectivity index (χ4v) is 3.05. The highest BCUT2D eigenvalue weighted by atomic mass is 35.5. The Hall–Kier alpha value is -2.70. The van der Waals surface area contributed by atoms with Crippen molar-refractivity contribution in [2.24, 2.45) is 0 Å². The van der Waals surface area contributed by atoms with Crippen LogP contribution in [-0.2, 0) is 11.3 Å². The van der Waals surface area contributed by atoms with Gasteiger partial charge in [0.05, 0.1) is 0 Å². The molecule has 28 heavy (non-hydrogen) atoms. The van der Waals surface area contributed by atoms with Gasteiger partial charge in [0.1, 0.15) is 11.7 Å². The first-order valence-electron chi connectivity index (χ1n) is 8.52. The molecule has 0 aliphatic heterocycles. The Labute approximate surface area is 174 Å². The molecule has 0 aliphatic rings. The molecule has 0 saturated carbocycles. The highest BCUT2D eigenvalue weighted by molar-refractivity contribution is 6.31. The molecule has 1 atom stereocenters. The summed E-state index contributed by atoms with van der Waals surface area (Å²) in [6.45, 7) is 2.10. The number of aromatic nitrogens is 1. The number of H-pyrrole nitrogens is 1. The second-order valence-corrected chi connectivity index (χ2v) is 6.98. The molecule has 0 aliphatic carbocycles.